The normalized spacial score (nSPS) is 9.88. The summed E-state index contributed by atoms with van der Waals surface area (Å²) >= 11 is 0. The maximum Gasteiger partial charge on any atom is 0.319 e. The Hall–Kier alpha value is -3.08. The number of benzene rings is 2. The summed E-state index contributed by atoms with van der Waals surface area (Å²) in [7, 11) is 0. The lowest BCUT2D eigenvalue weighted by Crippen LogP contribution is -2.28. The third-order valence-electron chi connectivity index (χ3n) is 3.43. The molecule has 0 fully saturated rings. The predicted octanol–water partition coefficient (Wildman–Crippen LogP) is 3.81. The van der Waals surface area contributed by atoms with Crippen LogP contribution >= 0.6 is 0 Å². The van der Waals surface area contributed by atoms with Gasteiger partial charge in [-0.05, 0) is 48.4 Å². The molecule has 3 N–H and O–H groups in total. The molecule has 5 nitrogen and oxygen atoms in total. The Balaban J connectivity index is 1.94. The van der Waals surface area contributed by atoms with Crippen molar-refractivity contribution in [3.05, 3.63) is 72.3 Å². The number of aryl methyl sites for hydroxylation is 1. The second-order valence-electron chi connectivity index (χ2n) is 5.21. The van der Waals surface area contributed by atoms with E-state index in [1.807, 2.05) is 24.3 Å². The molecule has 0 atom stereocenters. The number of carbonyl (C=O) groups is 2. The van der Waals surface area contributed by atoms with E-state index in [9.17, 15) is 9.59 Å². The Morgan fingerprint density at radius 3 is 2.08 bits per heavy atom. The molecule has 2 aromatic carbocycles. The van der Waals surface area contributed by atoms with Crippen molar-refractivity contribution in [1.29, 1.82) is 0 Å². The summed E-state index contributed by atoms with van der Waals surface area (Å²) in [6.07, 6.45) is 2.54. The average Bonchev–Trinajstić information content (AvgIpc) is 2.61. The van der Waals surface area contributed by atoms with Crippen LogP contribution in [0.3, 0.4) is 0 Å². The van der Waals surface area contributed by atoms with Crippen LogP contribution in [0.25, 0.3) is 0 Å². The number of rotatable bonds is 6. The lowest BCUT2D eigenvalue weighted by molar-refractivity contribution is 0.102. The molecular weight excluding hydrogens is 302 g/mol. The molecule has 0 aliphatic rings. The van der Waals surface area contributed by atoms with Crippen LogP contribution in [0.1, 0.15) is 22.8 Å². The lowest BCUT2D eigenvalue weighted by Gasteiger charge is -2.08. The molecule has 124 valence electrons. The fraction of sp³-hybridized carbons (Fsp3) is 0.158. The van der Waals surface area contributed by atoms with Gasteiger partial charge in [-0.3, -0.25) is 4.79 Å². The summed E-state index contributed by atoms with van der Waals surface area (Å²) in [5.41, 5.74) is 3.10. The highest BCUT2D eigenvalue weighted by atomic mass is 16.2. The van der Waals surface area contributed by atoms with Gasteiger partial charge in [-0.1, -0.05) is 25.1 Å². The quantitative estimate of drug-likeness (QED) is 0.708. The molecule has 2 rings (SSSR count). The molecular formula is C19H21N3O2. The number of nitrogens with one attached hydrogen (secondary N) is 3. The number of urea groups is 1. The summed E-state index contributed by atoms with van der Waals surface area (Å²) in [5, 5.41) is 8.14. The van der Waals surface area contributed by atoms with Gasteiger partial charge in [-0.2, -0.15) is 0 Å². The molecule has 0 saturated carbocycles. The zero-order valence-corrected chi connectivity index (χ0v) is 13.6. The Morgan fingerprint density at radius 2 is 1.54 bits per heavy atom. The van der Waals surface area contributed by atoms with Crippen molar-refractivity contribution < 1.29 is 9.59 Å². The van der Waals surface area contributed by atoms with Gasteiger partial charge in [0, 0.05) is 23.5 Å². The van der Waals surface area contributed by atoms with E-state index in [1.165, 1.54) is 5.56 Å². The van der Waals surface area contributed by atoms with E-state index in [0.717, 1.165) is 6.42 Å². The van der Waals surface area contributed by atoms with E-state index >= 15 is 0 Å². The molecule has 0 aliphatic carbocycles. The van der Waals surface area contributed by atoms with Crippen molar-refractivity contribution in [3.63, 3.8) is 0 Å². The number of amides is 3. The highest BCUT2D eigenvalue weighted by Crippen LogP contribution is 2.15. The van der Waals surface area contributed by atoms with E-state index in [-0.39, 0.29) is 11.9 Å². The minimum atomic E-state index is -0.303. The highest BCUT2D eigenvalue weighted by Gasteiger charge is 2.06. The zero-order chi connectivity index (χ0) is 17.4. The van der Waals surface area contributed by atoms with Crippen LogP contribution in [0, 0.1) is 0 Å². The summed E-state index contributed by atoms with van der Waals surface area (Å²) in [6.45, 7) is 6.00. The first kappa shape index (κ1) is 17.3. The first-order valence-electron chi connectivity index (χ1n) is 7.78. The number of anilines is 2. The van der Waals surface area contributed by atoms with Crippen molar-refractivity contribution in [2.75, 3.05) is 17.2 Å². The number of hydrogen-bond donors (Lipinski definition) is 3. The molecule has 5 heteroatoms. The van der Waals surface area contributed by atoms with Crippen LogP contribution in [0.15, 0.2) is 61.2 Å². The number of carbonyl (C=O) groups excluding carboxylic acids is 2. The van der Waals surface area contributed by atoms with Gasteiger partial charge in [0.25, 0.3) is 5.91 Å². The van der Waals surface area contributed by atoms with Gasteiger partial charge in [-0.15, -0.1) is 6.58 Å². The van der Waals surface area contributed by atoms with Crippen LogP contribution in [0.5, 0.6) is 0 Å². The van der Waals surface area contributed by atoms with Gasteiger partial charge >= 0.3 is 6.03 Å². The monoisotopic (exact) mass is 323 g/mol. The highest BCUT2D eigenvalue weighted by molar-refractivity contribution is 6.04. The molecule has 0 saturated heterocycles. The van der Waals surface area contributed by atoms with Crippen molar-refractivity contribution in [2.24, 2.45) is 0 Å². The SMILES string of the molecule is C=CCNC(=O)Nc1ccc(NC(=O)c2ccc(CC)cc2)cc1. The molecule has 3 amide bonds. The van der Waals surface area contributed by atoms with Crippen molar-refractivity contribution >= 4 is 23.3 Å². The molecule has 0 aliphatic heterocycles. The van der Waals surface area contributed by atoms with Crippen molar-refractivity contribution in [3.8, 4) is 0 Å². The van der Waals surface area contributed by atoms with Crippen LogP contribution < -0.4 is 16.0 Å². The van der Waals surface area contributed by atoms with Gasteiger partial charge in [0.05, 0.1) is 0 Å². The molecule has 0 unspecified atom stereocenters. The zero-order valence-electron chi connectivity index (χ0n) is 13.6. The van der Waals surface area contributed by atoms with Gasteiger partial charge in [0.1, 0.15) is 0 Å². The maximum absolute atomic E-state index is 12.2. The first-order chi connectivity index (χ1) is 11.6. The fourth-order valence-electron chi connectivity index (χ4n) is 2.07. The molecule has 24 heavy (non-hydrogen) atoms. The Labute approximate surface area is 141 Å². The molecule has 0 spiro atoms. The van der Waals surface area contributed by atoms with E-state index in [0.29, 0.717) is 23.5 Å². The minimum absolute atomic E-state index is 0.165. The summed E-state index contributed by atoms with van der Waals surface area (Å²) < 4.78 is 0. The van der Waals surface area contributed by atoms with E-state index in [4.69, 9.17) is 0 Å². The largest absolute Gasteiger partial charge is 0.334 e. The molecule has 0 aromatic heterocycles. The minimum Gasteiger partial charge on any atom is -0.334 e. The standard InChI is InChI=1S/C19H21N3O2/c1-3-13-20-19(24)22-17-11-9-16(10-12-17)21-18(23)15-7-5-14(4-2)6-8-15/h3,5-12H,1,4,13H2,2H3,(H,21,23)(H2,20,22,24). The molecule has 2 aromatic rings. The van der Waals surface area contributed by atoms with Crippen LogP contribution in [0.4, 0.5) is 16.2 Å². The van der Waals surface area contributed by atoms with Crippen LogP contribution in [0.2, 0.25) is 0 Å². The van der Waals surface area contributed by atoms with Crippen molar-refractivity contribution in [2.45, 2.75) is 13.3 Å². The molecule has 0 heterocycles. The Morgan fingerprint density at radius 1 is 0.958 bits per heavy atom. The van der Waals surface area contributed by atoms with Gasteiger partial charge in [-0.25, -0.2) is 4.79 Å². The predicted molar refractivity (Wildman–Crippen MR) is 97.4 cm³/mol. The van der Waals surface area contributed by atoms with E-state index in [1.54, 1.807) is 30.3 Å². The van der Waals surface area contributed by atoms with Gasteiger partial charge in [0.15, 0.2) is 0 Å². The second-order valence-corrected chi connectivity index (χ2v) is 5.21. The maximum atomic E-state index is 12.2. The number of hydrogen-bond acceptors (Lipinski definition) is 2. The summed E-state index contributed by atoms with van der Waals surface area (Å²) in [4.78, 5) is 23.7. The van der Waals surface area contributed by atoms with E-state index < -0.39 is 0 Å². The Kier molecular flexibility index (Phi) is 6.14. The Bertz CT molecular complexity index is 706. The van der Waals surface area contributed by atoms with E-state index in [2.05, 4.69) is 29.5 Å². The first-order valence-corrected chi connectivity index (χ1v) is 7.78. The summed E-state index contributed by atoms with van der Waals surface area (Å²) in [6, 6.07) is 14.1. The van der Waals surface area contributed by atoms with Gasteiger partial charge < -0.3 is 16.0 Å². The topological polar surface area (TPSA) is 70.2 Å². The lowest BCUT2D eigenvalue weighted by atomic mass is 10.1. The second kappa shape index (κ2) is 8.53. The molecule has 0 radical (unpaired) electrons. The third-order valence-corrected chi connectivity index (χ3v) is 3.43. The fourth-order valence-corrected chi connectivity index (χ4v) is 2.07. The van der Waals surface area contributed by atoms with Crippen molar-refractivity contribution in [1.82, 2.24) is 5.32 Å². The molecule has 0 bridgehead atoms. The third kappa shape index (κ3) is 4.98. The average molecular weight is 323 g/mol. The van der Waals surface area contributed by atoms with Gasteiger partial charge in [0.2, 0.25) is 0 Å². The van der Waals surface area contributed by atoms with Crippen LogP contribution in [-0.2, 0) is 6.42 Å². The van der Waals surface area contributed by atoms with Crippen LogP contribution in [-0.4, -0.2) is 18.5 Å². The summed E-state index contributed by atoms with van der Waals surface area (Å²) in [5.74, 6) is -0.165. The smallest absolute Gasteiger partial charge is 0.319 e.